The zero-order valence-electron chi connectivity index (χ0n) is 11.3. The van der Waals surface area contributed by atoms with Gasteiger partial charge in [-0.2, -0.15) is 0 Å². The van der Waals surface area contributed by atoms with E-state index in [1.807, 2.05) is 0 Å². The van der Waals surface area contributed by atoms with Crippen molar-refractivity contribution in [3.05, 3.63) is 0 Å². The largest absolute Gasteiger partial charge is 0.468 e. The molecule has 6 heteroatoms. The Morgan fingerprint density at radius 1 is 1.33 bits per heavy atom. The van der Waals surface area contributed by atoms with Crippen molar-refractivity contribution in [1.82, 2.24) is 0 Å². The molecule has 1 aliphatic rings. The number of ether oxygens (including phenoxy) is 3. The summed E-state index contributed by atoms with van der Waals surface area (Å²) >= 11 is 0. The summed E-state index contributed by atoms with van der Waals surface area (Å²) in [6.45, 7) is 5.47. The molecular formula is C12H21NO5. The van der Waals surface area contributed by atoms with Gasteiger partial charge in [-0.25, -0.2) is 0 Å². The summed E-state index contributed by atoms with van der Waals surface area (Å²) in [6, 6.07) is 0. The van der Waals surface area contributed by atoms with Crippen LogP contribution in [0.25, 0.3) is 0 Å². The predicted octanol–water partition coefficient (Wildman–Crippen LogP) is 0.583. The van der Waals surface area contributed by atoms with Gasteiger partial charge >= 0.3 is 11.9 Å². The first kappa shape index (κ1) is 14.9. The fourth-order valence-corrected chi connectivity index (χ4v) is 1.91. The number of rotatable bonds is 2. The summed E-state index contributed by atoms with van der Waals surface area (Å²) in [6.07, 6.45) is -0.359. The molecule has 1 aliphatic heterocycles. The summed E-state index contributed by atoms with van der Waals surface area (Å²) in [7, 11) is 1.25. The molecule has 0 amide bonds. The average Bonchev–Trinajstić information content (AvgIpc) is 2.25. The highest BCUT2D eigenvalue weighted by Gasteiger charge is 2.52. The van der Waals surface area contributed by atoms with Crippen LogP contribution in [0.5, 0.6) is 0 Å². The second-order valence-corrected chi connectivity index (χ2v) is 5.44. The standard InChI is InChI=1S/C12H21NO5/c1-11(2,3)18-10(15)12(9(14)16-4)5-6-17-8(13)7-12/h8H,5-7,13H2,1-4H3. The zero-order chi connectivity index (χ0) is 14.0. The van der Waals surface area contributed by atoms with Gasteiger partial charge in [-0.05, 0) is 27.2 Å². The molecule has 6 nitrogen and oxygen atoms in total. The van der Waals surface area contributed by atoms with E-state index >= 15 is 0 Å². The van der Waals surface area contributed by atoms with Crippen LogP contribution in [0.1, 0.15) is 33.6 Å². The van der Waals surface area contributed by atoms with Crippen LogP contribution in [-0.2, 0) is 23.8 Å². The Hall–Kier alpha value is -1.14. The number of hydrogen-bond donors (Lipinski definition) is 1. The molecule has 2 atom stereocenters. The molecule has 1 saturated heterocycles. The Labute approximate surface area is 107 Å². The third-order valence-corrected chi connectivity index (χ3v) is 2.78. The number of nitrogens with two attached hydrogens (primary N) is 1. The van der Waals surface area contributed by atoms with Crippen molar-refractivity contribution in [3.8, 4) is 0 Å². The summed E-state index contributed by atoms with van der Waals surface area (Å²) < 4.78 is 15.2. The van der Waals surface area contributed by atoms with Crippen LogP contribution in [0, 0.1) is 5.41 Å². The summed E-state index contributed by atoms with van der Waals surface area (Å²) in [5, 5.41) is 0. The highest BCUT2D eigenvalue weighted by molar-refractivity contribution is 6.00. The van der Waals surface area contributed by atoms with Crippen LogP contribution in [0.4, 0.5) is 0 Å². The van der Waals surface area contributed by atoms with E-state index in [0.717, 1.165) is 0 Å². The summed E-state index contributed by atoms with van der Waals surface area (Å²) in [5.41, 5.74) is 3.65. The molecule has 0 aromatic carbocycles. The number of carbonyl (C=O) groups excluding carboxylic acids is 2. The van der Waals surface area contributed by atoms with Crippen molar-refractivity contribution in [2.75, 3.05) is 13.7 Å². The van der Waals surface area contributed by atoms with Gasteiger partial charge in [0.2, 0.25) is 0 Å². The van der Waals surface area contributed by atoms with Crippen LogP contribution < -0.4 is 5.73 Å². The first-order chi connectivity index (χ1) is 8.21. The SMILES string of the molecule is COC(=O)C1(C(=O)OC(C)(C)C)CCOC(N)C1. The van der Waals surface area contributed by atoms with Crippen LogP contribution in [0.2, 0.25) is 0 Å². The first-order valence-corrected chi connectivity index (χ1v) is 5.90. The van der Waals surface area contributed by atoms with Crippen LogP contribution in [-0.4, -0.2) is 37.5 Å². The van der Waals surface area contributed by atoms with Crippen LogP contribution in [0.15, 0.2) is 0 Å². The van der Waals surface area contributed by atoms with E-state index in [9.17, 15) is 9.59 Å². The van der Waals surface area contributed by atoms with Gasteiger partial charge in [-0.15, -0.1) is 0 Å². The van der Waals surface area contributed by atoms with Crippen molar-refractivity contribution >= 4 is 11.9 Å². The lowest BCUT2D eigenvalue weighted by Gasteiger charge is -2.36. The minimum atomic E-state index is -1.35. The van der Waals surface area contributed by atoms with Crippen molar-refractivity contribution in [2.24, 2.45) is 11.1 Å². The third kappa shape index (κ3) is 3.20. The van der Waals surface area contributed by atoms with Gasteiger partial charge in [0.05, 0.1) is 13.7 Å². The molecule has 18 heavy (non-hydrogen) atoms. The van der Waals surface area contributed by atoms with Gasteiger partial charge in [-0.3, -0.25) is 9.59 Å². The van der Waals surface area contributed by atoms with Crippen molar-refractivity contribution in [3.63, 3.8) is 0 Å². The van der Waals surface area contributed by atoms with Gasteiger partial charge in [0, 0.05) is 6.42 Å². The maximum absolute atomic E-state index is 12.2. The molecule has 2 N–H and O–H groups in total. The van der Waals surface area contributed by atoms with Gasteiger partial charge in [-0.1, -0.05) is 0 Å². The Morgan fingerprint density at radius 2 is 1.94 bits per heavy atom. The Morgan fingerprint density at radius 3 is 2.39 bits per heavy atom. The quantitative estimate of drug-likeness (QED) is 0.576. The maximum atomic E-state index is 12.2. The monoisotopic (exact) mass is 259 g/mol. The number of esters is 2. The minimum Gasteiger partial charge on any atom is -0.468 e. The smallest absolute Gasteiger partial charge is 0.324 e. The molecule has 1 rings (SSSR count). The van der Waals surface area contributed by atoms with E-state index in [4.69, 9.17) is 19.9 Å². The molecule has 0 spiro atoms. The molecule has 0 aromatic heterocycles. The second-order valence-electron chi connectivity index (χ2n) is 5.44. The van der Waals surface area contributed by atoms with Gasteiger partial charge < -0.3 is 19.9 Å². The second kappa shape index (κ2) is 5.24. The van der Waals surface area contributed by atoms with Crippen molar-refractivity contribution in [1.29, 1.82) is 0 Å². The minimum absolute atomic E-state index is 0.0780. The van der Waals surface area contributed by atoms with E-state index in [1.165, 1.54) is 7.11 Å². The average molecular weight is 259 g/mol. The fourth-order valence-electron chi connectivity index (χ4n) is 1.91. The molecule has 1 fully saturated rings. The van der Waals surface area contributed by atoms with E-state index < -0.39 is 29.2 Å². The predicted molar refractivity (Wildman–Crippen MR) is 63.5 cm³/mol. The Kier molecular flexibility index (Phi) is 4.34. The Bertz CT molecular complexity index is 336. The van der Waals surface area contributed by atoms with Gasteiger partial charge in [0.15, 0.2) is 5.41 Å². The lowest BCUT2D eigenvalue weighted by molar-refractivity contribution is -0.188. The third-order valence-electron chi connectivity index (χ3n) is 2.78. The maximum Gasteiger partial charge on any atom is 0.324 e. The highest BCUT2D eigenvalue weighted by Crippen LogP contribution is 2.36. The van der Waals surface area contributed by atoms with E-state index in [0.29, 0.717) is 0 Å². The zero-order valence-corrected chi connectivity index (χ0v) is 11.3. The van der Waals surface area contributed by atoms with Crippen molar-refractivity contribution in [2.45, 2.75) is 45.4 Å². The topological polar surface area (TPSA) is 87.9 Å². The lowest BCUT2D eigenvalue weighted by Crippen LogP contribution is -2.51. The molecule has 104 valence electrons. The number of methoxy groups -OCH3 is 1. The van der Waals surface area contributed by atoms with Gasteiger partial charge in [0.1, 0.15) is 11.8 Å². The summed E-state index contributed by atoms with van der Waals surface area (Å²) in [4.78, 5) is 24.2. The molecule has 0 aliphatic carbocycles. The first-order valence-electron chi connectivity index (χ1n) is 5.90. The Balaban J connectivity index is 2.97. The van der Waals surface area contributed by atoms with Crippen LogP contribution >= 0.6 is 0 Å². The van der Waals surface area contributed by atoms with E-state index in [-0.39, 0.29) is 19.4 Å². The number of carbonyl (C=O) groups is 2. The molecular weight excluding hydrogens is 238 g/mol. The molecule has 0 saturated carbocycles. The lowest BCUT2D eigenvalue weighted by atomic mass is 9.79. The van der Waals surface area contributed by atoms with Crippen molar-refractivity contribution < 1.29 is 23.8 Å². The van der Waals surface area contributed by atoms with E-state index in [1.54, 1.807) is 20.8 Å². The molecule has 0 radical (unpaired) electrons. The fraction of sp³-hybridized carbons (Fsp3) is 0.833. The molecule has 2 unspecified atom stereocenters. The molecule has 0 aromatic rings. The number of hydrogen-bond acceptors (Lipinski definition) is 6. The van der Waals surface area contributed by atoms with Crippen LogP contribution in [0.3, 0.4) is 0 Å². The highest BCUT2D eigenvalue weighted by atomic mass is 16.6. The summed E-state index contributed by atoms with van der Waals surface area (Å²) in [5.74, 6) is -1.21. The normalized spacial score (nSPS) is 28.6. The van der Waals surface area contributed by atoms with E-state index in [2.05, 4.69) is 0 Å². The van der Waals surface area contributed by atoms with Gasteiger partial charge in [0.25, 0.3) is 0 Å². The molecule has 1 heterocycles. The molecule has 0 bridgehead atoms.